The Balaban J connectivity index is 2.54. The summed E-state index contributed by atoms with van der Waals surface area (Å²) in [7, 11) is 1.88. The summed E-state index contributed by atoms with van der Waals surface area (Å²) in [6, 6.07) is 0. The molecule has 3 nitrogen and oxygen atoms in total. The normalized spacial score (nSPS) is 34.7. The minimum Gasteiger partial charge on any atom is -0.354 e. The largest absolute Gasteiger partial charge is 0.354 e. The third kappa shape index (κ3) is 1.21. The van der Waals surface area contributed by atoms with E-state index >= 15 is 0 Å². The molecule has 52 valence electrons. The number of nitrogens with one attached hydrogen (secondary N) is 2. The summed E-state index contributed by atoms with van der Waals surface area (Å²) in [6.07, 6.45) is 0.601. The Labute approximate surface area is 54.8 Å². The first kappa shape index (κ1) is 6.55. The maximum Gasteiger partial charge on any atom is 0.221 e. The molecule has 1 rings (SSSR count). The van der Waals surface area contributed by atoms with Crippen LogP contribution in [0.25, 0.3) is 0 Å². The fraction of sp³-hybridized carbons (Fsp3) is 0.833. The first-order valence-corrected chi connectivity index (χ1v) is 3.12. The second-order valence-corrected chi connectivity index (χ2v) is 2.76. The van der Waals surface area contributed by atoms with Crippen molar-refractivity contribution in [2.45, 2.75) is 18.9 Å². The lowest BCUT2D eigenvalue weighted by Gasteiger charge is -2.19. The number of carbonyl (C=O) groups excluding carboxylic acids is 1. The van der Waals surface area contributed by atoms with Crippen molar-refractivity contribution in [1.29, 1.82) is 0 Å². The molecule has 1 aliphatic rings. The Bertz CT molecular complexity index is 135. The van der Waals surface area contributed by atoms with Gasteiger partial charge in [-0.15, -0.1) is 0 Å². The van der Waals surface area contributed by atoms with Gasteiger partial charge in [-0.25, -0.2) is 0 Å². The Morgan fingerprint density at radius 2 is 2.44 bits per heavy atom. The summed E-state index contributed by atoms with van der Waals surface area (Å²) in [5.74, 6) is 0.145. The van der Waals surface area contributed by atoms with Gasteiger partial charge in [0.2, 0.25) is 5.91 Å². The van der Waals surface area contributed by atoms with Crippen LogP contribution in [0.2, 0.25) is 0 Å². The molecule has 1 heterocycles. The zero-order valence-electron chi connectivity index (χ0n) is 5.82. The fourth-order valence-electron chi connectivity index (χ4n) is 0.950. The summed E-state index contributed by atoms with van der Waals surface area (Å²) in [6.45, 7) is 2.78. The molecule has 1 aliphatic heterocycles. The lowest BCUT2D eigenvalue weighted by Crippen LogP contribution is -2.41. The van der Waals surface area contributed by atoms with Crippen molar-refractivity contribution in [3.8, 4) is 0 Å². The van der Waals surface area contributed by atoms with E-state index in [0.717, 1.165) is 6.54 Å². The fourth-order valence-corrected chi connectivity index (χ4v) is 0.950. The van der Waals surface area contributed by atoms with Gasteiger partial charge in [0.05, 0.1) is 0 Å². The van der Waals surface area contributed by atoms with Crippen LogP contribution in [0.3, 0.4) is 0 Å². The third-order valence-corrected chi connectivity index (χ3v) is 1.83. The van der Waals surface area contributed by atoms with Gasteiger partial charge >= 0.3 is 0 Å². The zero-order valence-corrected chi connectivity index (χ0v) is 5.82. The van der Waals surface area contributed by atoms with Crippen molar-refractivity contribution in [1.82, 2.24) is 10.6 Å². The highest BCUT2D eigenvalue weighted by Crippen LogP contribution is 2.12. The van der Waals surface area contributed by atoms with Gasteiger partial charge in [-0.05, 0) is 14.0 Å². The van der Waals surface area contributed by atoms with E-state index in [9.17, 15) is 4.79 Å². The molecule has 2 N–H and O–H groups in total. The summed E-state index contributed by atoms with van der Waals surface area (Å²) in [4.78, 5) is 10.7. The quantitative estimate of drug-likeness (QED) is 0.499. The summed E-state index contributed by atoms with van der Waals surface area (Å²) in [5, 5.41) is 5.85. The highest BCUT2D eigenvalue weighted by Gasteiger charge is 2.31. The first-order chi connectivity index (χ1) is 4.16. The predicted octanol–water partition coefficient (Wildman–Crippen LogP) is -0.516. The highest BCUT2D eigenvalue weighted by molar-refractivity contribution is 5.79. The molecule has 0 aromatic heterocycles. The molecule has 9 heavy (non-hydrogen) atoms. The van der Waals surface area contributed by atoms with Crippen LogP contribution < -0.4 is 10.6 Å². The van der Waals surface area contributed by atoms with Crippen molar-refractivity contribution >= 4 is 5.91 Å². The van der Waals surface area contributed by atoms with Crippen LogP contribution in [0.4, 0.5) is 0 Å². The average molecular weight is 128 g/mol. The van der Waals surface area contributed by atoms with E-state index in [2.05, 4.69) is 10.6 Å². The first-order valence-electron chi connectivity index (χ1n) is 3.12. The molecule has 1 amide bonds. The number of amides is 1. The monoisotopic (exact) mass is 128 g/mol. The highest BCUT2D eigenvalue weighted by atomic mass is 16.2. The molecule has 3 heteroatoms. The van der Waals surface area contributed by atoms with Crippen LogP contribution in [0, 0.1) is 0 Å². The minimum absolute atomic E-state index is 0.00289. The topological polar surface area (TPSA) is 41.1 Å². The van der Waals surface area contributed by atoms with Crippen LogP contribution in [0.5, 0.6) is 0 Å². The molecule has 1 atom stereocenters. The van der Waals surface area contributed by atoms with Gasteiger partial charge in [-0.1, -0.05) is 0 Å². The molecular weight excluding hydrogens is 116 g/mol. The van der Waals surface area contributed by atoms with Crippen molar-refractivity contribution in [2.75, 3.05) is 13.6 Å². The van der Waals surface area contributed by atoms with Crippen molar-refractivity contribution in [3.05, 3.63) is 0 Å². The molecule has 0 saturated carbocycles. The van der Waals surface area contributed by atoms with Crippen LogP contribution in [-0.4, -0.2) is 25.0 Å². The maximum atomic E-state index is 10.7. The van der Waals surface area contributed by atoms with Crippen LogP contribution in [0.15, 0.2) is 0 Å². The summed E-state index contributed by atoms with van der Waals surface area (Å²) < 4.78 is 0. The van der Waals surface area contributed by atoms with E-state index in [1.165, 1.54) is 0 Å². The molecule has 1 unspecified atom stereocenters. The zero-order chi connectivity index (χ0) is 6.91. The van der Waals surface area contributed by atoms with Gasteiger partial charge in [0, 0.05) is 18.5 Å². The lowest BCUT2D eigenvalue weighted by atomic mass is 10.0. The summed E-state index contributed by atoms with van der Waals surface area (Å²) >= 11 is 0. The molecule has 0 aromatic carbocycles. The predicted molar refractivity (Wildman–Crippen MR) is 35.1 cm³/mol. The average Bonchev–Trinajstić information content (AvgIpc) is 2.13. The van der Waals surface area contributed by atoms with E-state index in [1.54, 1.807) is 0 Å². The van der Waals surface area contributed by atoms with Gasteiger partial charge < -0.3 is 10.6 Å². The molecule has 0 spiro atoms. The second kappa shape index (κ2) is 1.99. The maximum absolute atomic E-state index is 10.7. The standard InChI is InChI=1S/C6H12N2O/c1-6(7-2)3-5(9)8-4-6/h7H,3-4H2,1-2H3,(H,8,9). The van der Waals surface area contributed by atoms with Crippen LogP contribution in [0.1, 0.15) is 13.3 Å². The second-order valence-electron chi connectivity index (χ2n) is 2.76. The Morgan fingerprint density at radius 1 is 1.78 bits per heavy atom. The number of hydrogen-bond acceptors (Lipinski definition) is 2. The molecule has 1 saturated heterocycles. The smallest absolute Gasteiger partial charge is 0.221 e. The Hall–Kier alpha value is -0.570. The van der Waals surface area contributed by atoms with Crippen LogP contribution in [-0.2, 0) is 4.79 Å². The van der Waals surface area contributed by atoms with Gasteiger partial charge in [-0.3, -0.25) is 4.79 Å². The number of rotatable bonds is 1. The molecular formula is C6H12N2O. The molecule has 0 aromatic rings. The van der Waals surface area contributed by atoms with E-state index in [1.807, 2.05) is 14.0 Å². The van der Waals surface area contributed by atoms with E-state index in [-0.39, 0.29) is 11.4 Å². The number of hydrogen-bond donors (Lipinski definition) is 2. The minimum atomic E-state index is -0.00289. The summed E-state index contributed by atoms with van der Waals surface area (Å²) in [5.41, 5.74) is -0.00289. The van der Waals surface area contributed by atoms with Crippen molar-refractivity contribution in [3.63, 3.8) is 0 Å². The third-order valence-electron chi connectivity index (χ3n) is 1.83. The molecule has 0 aliphatic carbocycles. The number of likely N-dealkylation sites (N-methyl/N-ethyl adjacent to an activating group) is 1. The number of carbonyl (C=O) groups is 1. The SMILES string of the molecule is CNC1(C)CNC(=O)C1. The van der Waals surface area contributed by atoms with Gasteiger partial charge in [-0.2, -0.15) is 0 Å². The van der Waals surface area contributed by atoms with Crippen molar-refractivity contribution in [2.24, 2.45) is 0 Å². The Kier molecular flexibility index (Phi) is 1.45. The molecule has 0 radical (unpaired) electrons. The lowest BCUT2D eigenvalue weighted by molar-refractivity contribution is -0.119. The van der Waals surface area contributed by atoms with E-state index in [4.69, 9.17) is 0 Å². The van der Waals surface area contributed by atoms with Crippen LogP contribution >= 0.6 is 0 Å². The van der Waals surface area contributed by atoms with Gasteiger partial charge in [0.1, 0.15) is 0 Å². The Morgan fingerprint density at radius 3 is 2.67 bits per heavy atom. The van der Waals surface area contributed by atoms with E-state index in [0.29, 0.717) is 6.42 Å². The van der Waals surface area contributed by atoms with E-state index < -0.39 is 0 Å². The molecule has 1 fully saturated rings. The van der Waals surface area contributed by atoms with Crippen molar-refractivity contribution < 1.29 is 4.79 Å². The molecule has 0 bridgehead atoms. The van der Waals surface area contributed by atoms with Gasteiger partial charge in [0.15, 0.2) is 0 Å². The van der Waals surface area contributed by atoms with Gasteiger partial charge in [0.25, 0.3) is 0 Å².